The zero-order valence-corrected chi connectivity index (χ0v) is 10.3. The van der Waals surface area contributed by atoms with Crippen molar-refractivity contribution in [3.05, 3.63) is 66.2 Å². The van der Waals surface area contributed by atoms with Crippen LogP contribution >= 0.6 is 0 Å². The van der Waals surface area contributed by atoms with E-state index in [0.717, 1.165) is 17.8 Å². The molecule has 2 aromatic rings. The van der Waals surface area contributed by atoms with Crippen molar-refractivity contribution in [3.8, 4) is 0 Å². The van der Waals surface area contributed by atoms with Crippen molar-refractivity contribution < 1.29 is 0 Å². The first-order valence-corrected chi connectivity index (χ1v) is 6.18. The number of hydrogen-bond donors (Lipinski definition) is 2. The van der Waals surface area contributed by atoms with Gasteiger partial charge in [-0.1, -0.05) is 48.6 Å². The minimum atomic E-state index is 0.685. The molecule has 0 saturated heterocycles. The summed E-state index contributed by atoms with van der Waals surface area (Å²) in [7, 11) is 0. The summed E-state index contributed by atoms with van der Waals surface area (Å²) >= 11 is 0. The first-order valence-electron chi connectivity index (χ1n) is 6.18. The van der Waals surface area contributed by atoms with E-state index < -0.39 is 0 Å². The number of nitrogens with two attached hydrogens (primary N) is 1. The van der Waals surface area contributed by atoms with Crippen LogP contribution in [0.5, 0.6) is 0 Å². The van der Waals surface area contributed by atoms with E-state index in [9.17, 15) is 0 Å². The largest absolute Gasteiger partial charge is 0.355 e. The fraction of sp³-hybridized carbons (Fsp3) is 0.125. The smallest absolute Gasteiger partial charge is 0.0457 e. The average molecular weight is 238 g/mol. The summed E-state index contributed by atoms with van der Waals surface area (Å²) in [6, 6.07) is 18.4. The zero-order valence-electron chi connectivity index (χ0n) is 10.3. The lowest BCUT2D eigenvalue weighted by molar-refractivity contribution is 1.01. The molecular formula is C16H18N2. The normalized spacial score (nSPS) is 10.7. The predicted molar refractivity (Wildman–Crippen MR) is 78.9 cm³/mol. The molecule has 2 heteroatoms. The molecular weight excluding hydrogens is 220 g/mol. The Bertz CT molecular complexity index is 504. The van der Waals surface area contributed by atoms with Gasteiger partial charge in [-0.05, 0) is 36.7 Å². The van der Waals surface area contributed by atoms with Crippen LogP contribution < -0.4 is 11.1 Å². The molecule has 2 rings (SSSR count). The van der Waals surface area contributed by atoms with Gasteiger partial charge in [0.1, 0.15) is 0 Å². The Balaban J connectivity index is 2.17. The molecule has 2 aromatic carbocycles. The molecule has 0 fully saturated rings. The summed E-state index contributed by atoms with van der Waals surface area (Å²) < 4.78 is 0. The van der Waals surface area contributed by atoms with Crippen molar-refractivity contribution in [2.24, 2.45) is 5.73 Å². The first kappa shape index (κ1) is 12.4. The summed E-state index contributed by atoms with van der Waals surface area (Å²) in [5.74, 6) is 0. The highest BCUT2D eigenvalue weighted by Gasteiger charge is 1.98. The minimum Gasteiger partial charge on any atom is -0.355 e. The summed E-state index contributed by atoms with van der Waals surface area (Å²) in [5, 5.41) is 3.42. The molecule has 0 atom stereocenters. The standard InChI is InChI=1S/C16H18N2/c17-13-7-6-9-14-8-4-5-12-16(14)18-15-10-2-1-3-11-15/h1-6,8-12,18H,7,13,17H2. The number of rotatable bonds is 5. The molecule has 0 heterocycles. The maximum atomic E-state index is 5.49. The maximum absolute atomic E-state index is 5.49. The molecule has 0 radical (unpaired) electrons. The Hall–Kier alpha value is -2.06. The Morgan fingerprint density at radius 1 is 0.944 bits per heavy atom. The molecule has 0 unspecified atom stereocenters. The summed E-state index contributed by atoms with van der Waals surface area (Å²) in [6.07, 6.45) is 5.11. The third-order valence-electron chi connectivity index (χ3n) is 2.64. The van der Waals surface area contributed by atoms with Crippen LogP contribution in [-0.2, 0) is 0 Å². The van der Waals surface area contributed by atoms with Crippen LogP contribution in [0.3, 0.4) is 0 Å². The molecule has 0 aromatic heterocycles. The quantitative estimate of drug-likeness (QED) is 0.831. The van der Waals surface area contributed by atoms with Crippen molar-refractivity contribution >= 4 is 17.5 Å². The van der Waals surface area contributed by atoms with Gasteiger partial charge < -0.3 is 11.1 Å². The van der Waals surface area contributed by atoms with Gasteiger partial charge in [0.2, 0.25) is 0 Å². The highest BCUT2D eigenvalue weighted by atomic mass is 14.9. The monoisotopic (exact) mass is 238 g/mol. The third-order valence-corrected chi connectivity index (χ3v) is 2.64. The van der Waals surface area contributed by atoms with Crippen LogP contribution in [-0.4, -0.2) is 6.54 Å². The van der Waals surface area contributed by atoms with Gasteiger partial charge in [-0.15, -0.1) is 0 Å². The van der Waals surface area contributed by atoms with Crippen LogP contribution in [0.2, 0.25) is 0 Å². The average Bonchev–Trinajstić information content (AvgIpc) is 2.42. The van der Waals surface area contributed by atoms with E-state index in [2.05, 4.69) is 41.7 Å². The van der Waals surface area contributed by atoms with E-state index in [1.54, 1.807) is 0 Å². The van der Waals surface area contributed by atoms with E-state index in [-0.39, 0.29) is 0 Å². The highest BCUT2D eigenvalue weighted by Crippen LogP contribution is 2.21. The lowest BCUT2D eigenvalue weighted by Crippen LogP contribution is -1.95. The van der Waals surface area contributed by atoms with Gasteiger partial charge in [-0.25, -0.2) is 0 Å². The van der Waals surface area contributed by atoms with Gasteiger partial charge in [0.25, 0.3) is 0 Å². The second-order valence-corrected chi connectivity index (χ2v) is 4.06. The van der Waals surface area contributed by atoms with Gasteiger partial charge >= 0.3 is 0 Å². The molecule has 18 heavy (non-hydrogen) atoms. The van der Waals surface area contributed by atoms with E-state index >= 15 is 0 Å². The van der Waals surface area contributed by atoms with E-state index in [1.807, 2.05) is 30.3 Å². The molecule has 0 saturated carbocycles. The second-order valence-electron chi connectivity index (χ2n) is 4.06. The first-order chi connectivity index (χ1) is 8.90. The fourth-order valence-electron chi connectivity index (χ4n) is 1.74. The van der Waals surface area contributed by atoms with Crippen LogP contribution in [0.4, 0.5) is 11.4 Å². The van der Waals surface area contributed by atoms with Gasteiger partial charge in [-0.3, -0.25) is 0 Å². The minimum absolute atomic E-state index is 0.685. The molecule has 0 spiro atoms. The van der Waals surface area contributed by atoms with Crippen molar-refractivity contribution in [2.75, 3.05) is 11.9 Å². The third kappa shape index (κ3) is 3.47. The highest BCUT2D eigenvalue weighted by molar-refractivity contribution is 5.71. The van der Waals surface area contributed by atoms with Gasteiger partial charge in [0, 0.05) is 11.4 Å². The SMILES string of the molecule is NCCC=Cc1ccccc1Nc1ccccc1. The number of anilines is 2. The Kier molecular flexibility index (Phi) is 4.56. The lowest BCUT2D eigenvalue weighted by Gasteiger charge is -2.09. The van der Waals surface area contributed by atoms with Crippen LogP contribution in [0.15, 0.2) is 60.7 Å². The van der Waals surface area contributed by atoms with E-state index in [1.165, 1.54) is 5.56 Å². The number of nitrogens with one attached hydrogen (secondary N) is 1. The van der Waals surface area contributed by atoms with Crippen molar-refractivity contribution in [1.29, 1.82) is 0 Å². The molecule has 2 nitrogen and oxygen atoms in total. The van der Waals surface area contributed by atoms with Crippen LogP contribution in [0.1, 0.15) is 12.0 Å². The second kappa shape index (κ2) is 6.62. The van der Waals surface area contributed by atoms with Crippen LogP contribution in [0, 0.1) is 0 Å². The maximum Gasteiger partial charge on any atom is 0.0457 e. The molecule has 0 amide bonds. The number of benzene rings is 2. The molecule has 0 aliphatic carbocycles. The molecule has 0 aliphatic heterocycles. The molecule has 0 aliphatic rings. The Morgan fingerprint density at radius 3 is 2.44 bits per heavy atom. The molecule has 3 N–H and O–H groups in total. The van der Waals surface area contributed by atoms with Gasteiger partial charge in [0.05, 0.1) is 0 Å². The van der Waals surface area contributed by atoms with E-state index in [4.69, 9.17) is 5.73 Å². The number of hydrogen-bond acceptors (Lipinski definition) is 2. The van der Waals surface area contributed by atoms with Crippen LogP contribution in [0.25, 0.3) is 6.08 Å². The number of para-hydroxylation sites is 2. The van der Waals surface area contributed by atoms with Gasteiger partial charge in [0.15, 0.2) is 0 Å². The Morgan fingerprint density at radius 2 is 1.67 bits per heavy atom. The summed E-state index contributed by atoms with van der Waals surface area (Å²) in [5.41, 5.74) is 8.87. The fourth-order valence-corrected chi connectivity index (χ4v) is 1.74. The van der Waals surface area contributed by atoms with Crippen molar-refractivity contribution in [2.45, 2.75) is 6.42 Å². The lowest BCUT2D eigenvalue weighted by atomic mass is 10.1. The van der Waals surface area contributed by atoms with E-state index in [0.29, 0.717) is 6.54 Å². The topological polar surface area (TPSA) is 38.0 Å². The summed E-state index contributed by atoms with van der Waals surface area (Å²) in [6.45, 7) is 0.685. The predicted octanol–water partition coefficient (Wildman–Crippen LogP) is 3.79. The molecule has 92 valence electrons. The molecule has 0 bridgehead atoms. The van der Waals surface area contributed by atoms with Gasteiger partial charge in [-0.2, -0.15) is 0 Å². The van der Waals surface area contributed by atoms with Crippen molar-refractivity contribution in [3.63, 3.8) is 0 Å². The van der Waals surface area contributed by atoms with Crippen molar-refractivity contribution in [1.82, 2.24) is 0 Å². The summed E-state index contributed by atoms with van der Waals surface area (Å²) in [4.78, 5) is 0. The zero-order chi connectivity index (χ0) is 12.6. The Labute approximate surface area is 108 Å².